The van der Waals surface area contributed by atoms with Crippen molar-refractivity contribution < 1.29 is 0 Å². The summed E-state index contributed by atoms with van der Waals surface area (Å²) in [5.74, 6) is 0. The standard InChI is InChI=1S/C12H14N2/c1-10(13)7-8-12(14)9-11-5-3-2-4-6-11/h2-8,13-14H,9H2,1H3/b8-7-,13-10?,14-12?. The van der Waals surface area contributed by atoms with E-state index < -0.39 is 0 Å². The molecule has 14 heavy (non-hydrogen) atoms. The minimum Gasteiger partial charge on any atom is -0.306 e. The lowest BCUT2D eigenvalue weighted by Crippen LogP contribution is -1.97. The molecule has 2 nitrogen and oxygen atoms in total. The molecule has 1 aromatic rings. The Balaban J connectivity index is 2.54. The lowest BCUT2D eigenvalue weighted by molar-refractivity contribution is 1.29. The summed E-state index contributed by atoms with van der Waals surface area (Å²) in [5, 5.41) is 14.8. The van der Waals surface area contributed by atoms with Crippen molar-refractivity contribution in [3.05, 3.63) is 48.0 Å². The van der Waals surface area contributed by atoms with E-state index in [1.807, 2.05) is 30.3 Å². The van der Waals surface area contributed by atoms with Crippen molar-refractivity contribution in [3.63, 3.8) is 0 Å². The Morgan fingerprint density at radius 3 is 2.36 bits per heavy atom. The second-order valence-electron chi connectivity index (χ2n) is 3.20. The molecular weight excluding hydrogens is 172 g/mol. The van der Waals surface area contributed by atoms with Crippen LogP contribution in [-0.4, -0.2) is 11.4 Å². The van der Waals surface area contributed by atoms with Gasteiger partial charge in [-0.2, -0.15) is 0 Å². The lowest BCUT2D eigenvalue weighted by atomic mass is 10.1. The number of hydrogen-bond acceptors (Lipinski definition) is 2. The van der Waals surface area contributed by atoms with Crippen LogP contribution in [-0.2, 0) is 6.42 Å². The minimum atomic E-state index is 0.475. The smallest absolute Gasteiger partial charge is 0.0358 e. The average molecular weight is 186 g/mol. The quantitative estimate of drug-likeness (QED) is 0.679. The zero-order chi connectivity index (χ0) is 10.4. The van der Waals surface area contributed by atoms with E-state index in [0.717, 1.165) is 5.56 Å². The van der Waals surface area contributed by atoms with Gasteiger partial charge in [-0.1, -0.05) is 30.3 Å². The van der Waals surface area contributed by atoms with E-state index in [9.17, 15) is 0 Å². The van der Waals surface area contributed by atoms with Gasteiger partial charge in [-0.25, -0.2) is 0 Å². The number of nitrogens with one attached hydrogen (secondary N) is 2. The van der Waals surface area contributed by atoms with Gasteiger partial charge in [-0.05, 0) is 24.6 Å². The third-order valence-corrected chi connectivity index (χ3v) is 1.77. The molecule has 2 N–H and O–H groups in total. The molecule has 0 aliphatic carbocycles. The average Bonchev–Trinajstić information content (AvgIpc) is 2.16. The molecular formula is C12H14N2. The zero-order valence-electron chi connectivity index (χ0n) is 8.25. The van der Waals surface area contributed by atoms with Crippen LogP contribution < -0.4 is 0 Å². The van der Waals surface area contributed by atoms with Gasteiger partial charge in [0.2, 0.25) is 0 Å². The van der Waals surface area contributed by atoms with E-state index in [-0.39, 0.29) is 0 Å². The first kappa shape index (κ1) is 10.4. The summed E-state index contributed by atoms with van der Waals surface area (Å²) in [4.78, 5) is 0. The monoisotopic (exact) mass is 186 g/mol. The Hall–Kier alpha value is -1.70. The van der Waals surface area contributed by atoms with E-state index in [1.165, 1.54) is 0 Å². The zero-order valence-corrected chi connectivity index (χ0v) is 8.25. The molecule has 1 aromatic carbocycles. The van der Waals surface area contributed by atoms with Gasteiger partial charge in [0.05, 0.1) is 0 Å². The maximum Gasteiger partial charge on any atom is 0.0358 e. The van der Waals surface area contributed by atoms with Crippen molar-refractivity contribution in [2.45, 2.75) is 13.3 Å². The van der Waals surface area contributed by atoms with Crippen LogP contribution >= 0.6 is 0 Å². The Morgan fingerprint density at radius 1 is 1.14 bits per heavy atom. The van der Waals surface area contributed by atoms with Gasteiger partial charge in [0.25, 0.3) is 0 Å². The summed E-state index contributed by atoms with van der Waals surface area (Å²) in [7, 11) is 0. The first-order valence-electron chi connectivity index (χ1n) is 4.53. The third-order valence-electron chi connectivity index (χ3n) is 1.77. The van der Waals surface area contributed by atoms with Crippen molar-refractivity contribution in [1.82, 2.24) is 0 Å². The second-order valence-corrected chi connectivity index (χ2v) is 3.20. The van der Waals surface area contributed by atoms with Crippen molar-refractivity contribution in [3.8, 4) is 0 Å². The van der Waals surface area contributed by atoms with Crippen LogP contribution in [0.15, 0.2) is 42.5 Å². The topological polar surface area (TPSA) is 47.7 Å². The molecule has 0 unspecified atom stereocenters. The van der Waals surface area contributed by atoms with E-state index in [0.29, 0.717) is 17.8 Å². The van der Waals surface area contributed by atoms with Crippen LogP contribution in [0.4, 0.5) is 0 Å². The molecule has 0 radical (unpaired) electrons. The van der Waals surface area contributed by atoms with Crippen LogP contribution in [0.3, 0.4) is 0 Å². The van der Waals surface area contributed by atoms with Gasteiger partial charge in [0.1, 0.15) is 0 Å². The molecule has 0 bridgehead atoms. The number of benzene rings is 1. The first-order valence-corrected chi connectivity index (χ1v) is 4.53. The molecule has 0 aliphatic heterocycles. The summed E-state index contributed by atoms with van der Waals surface area (Å²) in [5.41, 5.74) is 2.13. The Kier molecular flexibility index (Phi) is 3.80. The summed E-state index contributed by atoms with van der Waals surface area (Å²) in [6.45, 7) is 1.70. The molecule has 0 aromatic heterocycles. The maximum absolute atomic E-state index is 7.64. The molecule has 0 fully saturated rings. The summed E-state index contributed by atoms with van der Waals surface area (Å²) >= 11 is 0. The van der Waals surface area contributed by atoms with Gasteiger partial charge in [-0.15, -0.1) is 0 Å². The van der Waals surface area contributed by atoms with Crippen LogP contribution in [0.1, 0.15) is 12.5 Å². The van der Waals surface area contributed by atoms with Crippen LogP contribution in [0.2, 0.25) is 0 Å². The van der Waals surface area contributed by atoms with Gasteiger partial charge in [0.15, 0.2) is 0 Å². The second kappa shape index (κ2) is 5.12. The fourth-order valence-corrected chi connectivity index (χ4v) is 1.10. The number of rotatable bonds is 4. The van der Waals surface area contributed by atoms with Gasteiger partial charge < -0.3 is 10.8 Å². The van der Waals surface area contributed by atoms with Gasteiger partial charge in [-0.3, -0.25) is 0 Å². The molecule has 0 heterocycles. The summed E-state index contributed by atoms with van der Waals surface area (Å²) in [6, 6.07) is 9.90. The van der Waals surface area contributed by atoms with Gasteiger partial charge in [0, 0.05) is 17.8 Å². The van der Waals surface area contributed by atoms with E-state index >= 15 is 0 Å². The minimum absolute atomic E-state index is 0.475. The fraction of sp³-hybridized carbons (Fsp3) is 0.167. The van der Waals surface area contributed by atoms with Crippen molar-refractivity contribution >= 4 is 11.4 Å². The molecule has 2 heteroatoms. The molecule has 0 spiro atoms. The van der Waals surface area contributed by atoms with E-state index in [4.69, 9.17) is 10.8 Å². The Bertz CT molecular complexity index is 350. The largest absolute Gasteiger partial charge is 0.306 e. The highest BCUT2D eigenvalue weighted by atomic mass is 14.4. The molecule has 1 rings (SSSR count). The van der Waals surface area contributed by atoms with Crippen LogP contribution in [0, 0.1) is 10.8 Å². The summed E-state index contributed by atoms with van der Waals surface area (Å²) in [6.07, 6.45) is 3.95. The predicted octanol–water partition coefficient (Wildman–Crippen LogP) is 2.84. The third kappa shape index (κ3) is 3.81. The molecule has 0 saturated heterocycles. The van der Waals surface area contributed by atoms with E-state index in [2.05, 4.69) is 0 Å². The normalized spacial score (nSPS) is 10.4. The Morgan fingerprint density at radius 2 is 1.79 bits per heavy atom. The molecule has 0 saturated carbocycles. The van der Waals surface area contributed by atoms with Gasteiger partial charge >= 0.3 is 0 Å². The SMILES string of the molecule is CC(=N)/C=C\C(=N)Cc1ccccc1. The highest BCUT2D eigenvalue weighted by Gasteiger charge is 1.94. The maximum atomic E-state index is 7.64. The van der Waals surface area contributed by atoms with E-state index in [1.54, 1.807) is 19.1 Å². The molecule has 0 atom stereocenters. The highest BCUT2D eigenvalue weighted by Crippen LogP contribution is 2.00. The fourth-order valence-electron chi connectivity index (χ4n) is 1.10. The highest BCUT2D eigenvalue weighted by molar-refractivity contribution is 6.00. The summed E-state index contributed by atoms with van der Waals surface area (Å²) < 4.78 is 0. The molecule has 0 amide bonds. The Labute approximate surface area is 84.3 Å². The number of allylic oxidation sites excluding steroid dienone is 2. The molecule has 72 valence electrons. The molecule has 0 aliphatic rings. The van der Waals surface area contributed by atoms with Crippen LogP contribution in [0.5, 0.6) is 0 Å². The predicted molar refractivity (Wildman–Crippen MR) is 60.4 cm³/mol. The first-order chi connectivity index (χ1) is 6.68. The lowest BCUT2D eigenvalue weighted by Gasteiger charge is -1.98. The van der Waals surface area contributed by atoms with Crippen molar-refractivity contribution in [2.24, 2.45) is 0 Å². The van der Waals surface area contributed by atoms with Crippen molar-refractivity contribution in [1.29, 1.82) is 10.8 Å². The number of hydrogen-bond donors (Lipinski definition) is 2. The van der Waals surface area contributed by atoms with Crippen LogP contribution in [0.25, 0.3) is 0 Å². The van der Waals surface area contributed by atoms with Crippen molar-refractivity contribution in [2.75, 3.05) is 0 Å².